The lowest BCUT2D eigenvalue weighted by molar-refractivity contribution is -0.118. The number of nitrogens with one attached hydrogen (secondary N) is 1. The second-order valence-electron chi connectivity index (χ2n) is 7.00. The predicted molar refractivity (Wildman–Crippen MR) is 97.6 cm³/mol. The Labute approximate surface area is 149 Å². The van der Waals surface area contributed by atoms with Gasteiger partial charge in [0.2, 0.25) is 0 Å². The van der Waals surface area contributed by atoms with Crippen molar-refractivity contribution in [3.63, 3.8) is 0 Å². The summed E-state index contributed by atoms with van der Waals surface area (Å²) in [6.45, 7) is 8.65. The van der Waals surface area contributed by atoms with Crippen LogP contribution in [0.25, 0.3) is 6.08 Å². The molecular weight excluding hydrogens is 338 g/mol. The highest BCUT2D eigenvalue weighted by molar-refractivity contribution is 7.91. The van der Waals surface area contributed by atoms with Gasteiger partial charge in [0.05, 0.1) is 17.0 Å². The first-order valence-corrected chi connectivity index (χ1v) is 10.2. The maximum absolute atomic E-state index is 12.5. The fourth-order valence-corrected chi connectivity index (χ4v) is 5.39. The molecule has 0 aliphatic carbocycles. The molecule has 0 spiro atoms. The Hall–Kier alpha value is -2.07. The van der Waals surface area contributed by atoms with Gasteiger partial charge in [0, 0.05) is 17.9 Å². The van der Waals surface area contributed by atoms with Crippen LogP contribution >= 0.6 is 0 Å². The first-order chi connectivity index (χ1) is 11.6. The highest BCUT2D eigenvalue weighted by Crippen LogP contribution is 2.24. The van der Waals surface area contributed by atoms with Crippen LogP contribution in [0, 0.1) is 25.2 Å². The lowest BCUT2D eigenvalue weighted by Crippen LogP contribution is -2.47. The molecule has 136 valence electrons. The first-order valence-electron chi connectivity index (χ1n) is 8.42. The minimum atomic E-state index is -3.13. The third-order valence-corrected chi connectivity index (χ3v) is 6.55. The number of aryl methyl sites for hydroxylation is 1. The van der Waals surface area contributed by atoms with Crippen molar-refractivity contribution in [1.29, 1.82) is 5.26 Å². The van der Waals surface area contributed by atoms with Crippen molar-refractivity contribution >= 4 is 21.8 Å². The third-order valence-electron chi connectivity index (χ3n) is 4.64. The number of aromatic nitrogens is 1. The van der Waals surface area contributed by atoms with Gasteiger partial charge in [-0.05, 0) is 51.3 Å². The van der Waals surface area contributed by atoms with E-state index in [4.69, 9.17) is 0 Å². The number of hydrogen-bond donors (Lipinski definition) is 1. The van der Waals surface area contributed by atoms with Crippen molar-refractivity contribution in [3.05, 3.63) is 28.6 Å². The van der Waals surface area contributed by atoms with Gasteiger partial charge in [-0.2, -0.15) is 5.26 Å². The molecule has 1 aliphatic heterocycles. The Kier molecular flexibility index (Phi) is 5.43. The molecule has 25 heavy (non-hydrogen) atoms. The average molecular weight is 363 g/mol. The lowest BCUT2D eigenvalue weighted by atomic mass is 10.0. The predicted octanol–water partition coefficient (Wildman–Crippen LogP) is 2.12. The summed E-state index contributed by atoms with van der Waals surface area (Å²) in [5.41, 5.74) is 2.10. The van der Waals surface area contributed by atoms with Crippen molar-refractivity contribution in [2.75, 3.05) is 11.5 Å². The molecular formula is C18H25N3O3S. The Morgan fingerprint density at radius 3 is 2.68 bits per heavy atom. The minimum Gasteiger partial charge on any atom is -0.349 e. The molecule has 6 nitrogen and oxygen atoms in total. The standard InChI is InChI=1S/C18H25N3O3S/c1-5-7-21-13(2)9-15(14(21)3)10-16(11-19)17(22)20-18(4)6-8-25(23,24)12-18/h9-10H,5-8,12H2,1-4H3,(H,20,22). The molecule has 1 aromatic heterocycles. The van der Waals surface area contributed by atoms with Gasteiger partial charge in [0.15, 0.2) is 9.84 Å². The van der Waals surface area contributed by atoms with Gasteiger partial charge in [-0.15, -0.1) is 0 Å². The molecule has 7 heteroatoms. The Bertz CT molecular complexity index is 859. The normalized spacial score (nSPS) is 22.6. The fraction of sp³-hybridized carbons (Fsp3) is 0.556. The van der Waals surface area contributed by atoms with Crippen molar-refractivity contribution in [3.8, 4) is 6.07 Å². The first kappa shape index (κ1) is 19.3. The molecule has 1 amide bonds. The molecule has 1 atom stereocenters. The van der Waals surface area contributed by atoms with Crippen LogP contribution in [0.5, 0.6) is 0 Å². The van der Waals surface area contributed by atoms with Crippen LogP contribution in [0.4, 0.5) is 0 Å². The quantitative estimate of drug-likeness (QED) is 0.641. The number of amides is 1. The summed E-state index contributed by atoms with van der Waals surface area (Å²) in [5.74, 6) is -0.550. The maximum atomic E-state index is 12.5. The third kappa shape index (κ3) is 4.31. The molecule has 1 aliphatic rings. The highest BCUT2D eigenvalue weighted by Gasteiger charge is 2.39. The summed E-state index contributed by atoms with van der Waals surface area (Å²) >= 11 is 0. The fourth-order valence-electron chi connectivity index (χ4n) is 3.30. The summed E-state index contributed by atoms with van der Waals surface area (Å²) in [5, 5.41) is 12.1. The molecule has 2 heterocycles. The zero-order valence-corrected chi connectivity index (χ0v) is 16.0. The summed E-state index contributed by atoms with van der Waals surface area (Å²) < 4.78 is 25.5. The molecule has 1 saturated heterocycles. The van der Waals surface area contributed by atoms with Crippen LogP contribution in [-0.2, 0) is 21.2 Å². The summed E-state index contributed by atoms with van der Waals surface area (Å²) in [4.78, 5) is 12.5. The zero-order chi connectivity index (χ0) is 18.8. The Morgan fingerprint density at radius 2 is 2.16 bits per heavy atom. The van der Waals surface area contributed by atoms with Gasteiger partial charge < -0.3 is 9.88 Å². The molecule has 1 fully saturated rings. The van der Waals surface area contributed by atoms with Crippen molar-refractivity contribution in [2.24, 2.45) is 0 Å². The van der Waals surface area contributed by atoms with Crippen LogP contribution in [-0.4, -0.2) is 35.9 Å². The van der Waals surface area contributed by atoms with Crippen LogP contribution in [0.15, 0.2) is 11.6 Å². The van der Waals surface area contributed by atoms with E-state index in [0.29, 0.717) is 6.42 Å². The van der Waals surface area contributed by atoms with Crippen molar-refractivity contribution in [1.82, 2.24) is 9.88 Å². The van der Waals surface area contributed by atoms with Crippen molar-refractivity contribution < 1.29 is 13.2 Å². The molecule has 0 aromatic carbocycles. The van der Waals surface area contributed by atoms with Crippen LogP contribution in [0.3, 0.4) is 0 Å². The Balaban J connectivity index is 2.25. The monoisotopic (exact) mass is 363 g/mol. The van der Waals surface area contributed by atoms with E-state index < -0.39 is 21.3 Å². The second-order valence-corrected chi connectivity index (χ2v) is 9.19. The molecule has 2 rings (SSSR count). The SMILES string of the molecule is CCCn1c(C)cc(C=C(C#N)C(=O)NC2(C)CCS(=O)(=O)C2)c1C. The van der Waals surface area contributed by atoms with E-state index in [1.807, 2.05) is 26.0 Å². The van der Waals surface area contributed by atoms with Gasteiger partial charge >= 0.3 is 0 Å². The number of sulfone groups is 1. The summed E-state index contributed by atoms with van der Waals surface area (Å²) in [6.07, 6.45) is 2.94. The number of hydrogen-bond acceptors (Lipinski definition) is 4. The average Bonchev–Trinajstić information content (AvgIpc) is 2.94. The number of carbonyl (C=O) groups excluding carboxylic acids is 1. The van der Waals surface area contributed by atoms with Gasteiger partial charge in [-0.1, -0.05) is 6.92 Å². The van der Waals surface area contributed by atoms with E-state index >= 15 is 0 Å². The van der Waals surface area contributed by atoms with Gasteiger partial charge in [0.1, 0.15) is 11.6 Å². The number of nitrogens with zero attached hydrogens (tertiary/aromatic N) is 2. The number of carbonyl (C=O) groups is 1. The highest BCUT2D eigenvalue weighted by atomic mass is 32.2. The van der Waals surface area contributed by atoms with Crippen molar-refractivity contribution in [2.45, 2.75) is 52.6 Å². The van der Waals surface area contributed by atoms with Gasteiger partial charge in [0.25, 0.3) is 5.91 Å². The van der Waals surface area contributed by atoms with E-state index in [0.717, 1.165) is 29.9 Å². The molecule has 0 bridgehead atoms. The van der Waals surface area contributed by atoms with Crippen LogP contribution in [0.1, 0.15) is 43.6 Å². The van der Waals surface area contributed by atoms with E-state index in [1.54, 1.807) is 13.0 Å². The molecule has 1 unspecified atom stereocenters. The molecule has 0 saturated carbocycles. The molecule has 1 N–H and O–H groups in total. The van der Waals surface area contributed by atoms with Crippen LogP contribution in [0.2, 0.25) is 0 Å². The largest absolute Gasteiger partial charge is 0.349 e. The lowest BCUT2D eigenvalue weighted by Gasteiger charge is -2.23. The number of rotatable bonds is 5. The number of nitriles is 1. The molecule has 0 radical (unpaired) electrons. The zero-order valence-electron chi connectivity index (χ0n) is 15.2. The van der Waals surface area contributed by atoms with E-state index in [2.05, 4.69) is 16.8 Å². The smallest absolute Gasteiger partial charge is 0.262 e. The minimum absolute atomic E-state index is 0.0118. The van der Waals surface area contributed by atoms with Crippen LogP contribution < -0.4 is 5.32 Å². The molecule has 1 aromatic rings. The summed E-state index contributed by atoms with van der Waals surface area (Å²) in [7, 11) is -3.13. The van der Waals surface area contributed by atoms with Gasteiger partial charge in [-0.25, -0.2) is 8.42 Å². The summed E-state index contributed by atoms with van der Waals surface area (Å²) in [6, 6.07) is 3.90. The Morgan fingerprint density at radius 1 is 1.48 bits per heavy atom. The second kappa shape index (κ2) is 7.04. The van der Waals surface area contributed by atoms with Gasteiger partial charge in [-0.3, -0.25) is 4.79 Å². The van der Waals surface area contributed by atoms with E-state index in [9.17, 15) is 18.5 Å². The van der Waals surface area contributed by atoms with E-state index in [1.165, 1.54) is 0 Å². The topological polar surface area (TPSA) is 92.0 Å². The maximum Gasteiger partial charge on any atom is 0.262 e. The van der Waals surface area contributed by atoms with E-state index in [-0.39, 0.29) is 17.1 Å².